The van der Waals surface area contributed by atoms with Crippen LogP contribution < -0.4 is 0 Å². The van der Waals surface area contributed by atoms with Crippen molar-refractivity contribution in [2.24, 2.45) is 0 Å². The van der Waals surface area contributed by atoms with Crippen LogP contribution in [0, 0.1) is 0 Å². The van der Waals surface area contributed by atoms with Gasteiger partial charge in [-0.05, 0) is 9.13 Å². The molecule has 5 nitrogen and oxygen atoms in total. The van der Waals surface area contributed by atoms with E-state index in [2.05, 4.69) is 6.58 Å². The zero-order valence-electron chi connectivity index (χ0n) is 4.44. The highest BCUT2D eigenvalue weighted by atomic mass is 31.1. The number of hydrogen-bond donors (Lipinski definition) is 3. The van der Waals surface area contributed by atoms with Crippen LogP contribution in [0.25, 0.3) is 0 Å². The highest BCUT2D eigenvalue weighted by molar-refractivity contribution is 7.16. The van der Waals surface area contributed by atoms with Gasteiger partial charge in [0.15, 0.2) is 0 Å². The summed E-state index contributed by atoms with van der Waals surface area (Å²) in [4.78, 5) is 14.1. The molecule has 0 aromatic heterocycles. The standard InChI is InChI=1S/C2H4O.2HO2P/c1-2-3;2*1-3-2/h2-3H,1H2;2*3H/p+2. The van der Waals surface area contributed by atoms with Gasteiger partial charge in [-0.1, -0.05) is 6.58 Å². The van der Waals surface area contributed by atoms with Crippen LogP contribution >= 0.6 is 17.4 Å². The van der Waals surface area contributed by atoms with Gasteiger partial charge in [-0.3, -0.25) is 0 Å². The normalized spacial score (nSPS) is 6.00. The van der Waals surface area contributed by atoms with Crippen molar-refractivity contribution in [1.82, 2.24) is 0 Å². The fraction of sp³-hybridized carbons (Fsp3) is 0. The Balaban J connectivity index is -0.0000000600. The Hall–Kier alpha value is -0.340. The summed E-state index contributed by atoms with van der Waals surface area (Å²) in [6.07, 6.45) is 0.750. The number of aliphatic hydroxyl groups excluding tert-OH is 1. The van der Waals surface area contributed by atoms with Gasteiger partial charge in [0, 0.05) is 0 Å². The summed E-state index contributed by atoms with van der Waals surface area (Å²) in [7, 11) is -2.33. The molecule has 0 aromatic rings. The van der Waals surface area contributed by atoms with E-state index in [1.54, 1.807) is 0 Å². The highest BCUT2D eigenvalue weighted by Crippen LogP contribution is 1.66. The van der Waals surface area contributed by atoms with Crippen molar-refractivity contribution in [3.05, 3.63) is 12.8 Å². The van der Waals surface area contributed by atoms with Crippen LogP contribution in [0.15, 0.2) is 12.8 Å². The van der Waals surface area contributed by atoms with E-state index in [4.69, 9.17) is 24.0 Å². The van der Waals surface area contributed by atoms with Crippen molar-refractivity contribution in [2.75, 3.05) is 0 Å². The molecule has 0 amide bonds. The third-order valence-corrected chi connectivity index (χ3v) is 0. The van der Waals surface area contributed by atoms with E-state index in [-0.39, 0.29) is 0 Å². The summed E-state index contributed by atoms with van der Waals surface area (Å²) in [6, 6.07) is 0. The van der Waals surface area contributed by atoms with Gasteiger partial charge in [0.05, 0.1) is 6.26 Å². The fourth-order valence-electron chi connectivity index (χ4n) is 0. The van der Waals surface area contributed by atoms with E-state index < -0.39 is 17.4 Å². The first-order chi connectivity index (χ1) is 4.24. The lowest BCUT2D eigenvalue weighted by Gasteiger charge is -1.41. The molecule has 0 saturated heterocycles. The zero-order valence-corrected chi connectivity index (χ0v) is 6.44. The van der Waals surface area contributed by atoms with Gasteiger partial charge >= 0.3 is 17.4 Å². The van der Waals surface area contributed by atoms with Gasteiger partial charge in [-0.15, -0.1) is 0 Å². The monoisotopic (exact) mass is 174 g/mol. The Morgan fingerprint density at radius 1 is 1.22 bits per heavy atom. The summed E-state index contributed by atoms with van der Waals surface area (Å²) >= 11 is 0. The van der Waals surface area contributed by atoms with Gasteiger partial charge in [0.1, 0.15) is 0 Å². The SMILES string of the molecule is C=CO.O=[PH+]O.O=[PH+]O. The Labute approximate surface area is 55.2 Å². The fourth-order valence-corrected chi connectivity index (χ4v) is 0. The predicted molar refractivity (Wildman–Crippen MR) is 35.3 cm³/mol. The van der Waals surface area contributed by atoms with Crippen molar-refractivity contribution in [3.63, 3.8) is 0 Å². The van der Waals surface area contributed by atoms with Gasteiger partial charge < -0.3 is 5.11 Å². The minimum atomic E-state index is -1.17. The van der Waals surface area contributed by atoms with Crippen molar-refractivity contribution in [2.45, 2.75) is 0 Å². The Morgan fingerprint density at radius 2 is 1.22 bits per heavy atom. The van der Waals surface area contributed by atoms with Crippen molar-refractivity contribution < 1.29 is 24.0 Å². The number of aliphatic hydroxyl groups is 1. The maximum absolute atomic E-state index is 8.51. The molecule has 7 heteroatoms. The Morgan fingerprint density at radius 3 is 1.22 bits per heavy atom. The van der Waals surface area contributed by atoms with Crippen molar-refractivity contribution in [1.29, 1.82) is 0 Å². The first-order valence-electron chi connectivity index (χ1n) is 1.52. The largest absolute Gasteiger partial charge is 0.516 e. The van der Waals surface area contributed by atoms with Crippen LogP contribution in [0.5, 0.6) is 0 Å². The van der Waals surface area contributed by atoms with Gasteiger partial charge in [-0.25, -0.2) is 0 Å². The number of rotatable bonds is 0. The maximum Gasteiger partial charge on any atom is 0.491 e. The first-order valence-corrected chi connectivity index (χ1v) is 3.23. The van der Waals surface area contributed by atoms with Crippen LogP contribution in [-0.2, 0) is 9.13 Å². The topological polar surface area (TPSA) is 94.8 Å². The average molecular weight is 174 g/mol. The molecule has 0 aliphatic heterocycles. The number of hydrogen-bond acceptors (Lipinski definition) is 3. The minimum Gasteiger partial charge on any atom is -0.516 e. The molecule has 0 rings (SSSR count). The summed E-state index contributed by atoms with van der Waals surface area (Å²) in [5.41, 5.74) is 0. The molecule has 0 aliphatic rings. The maximum atomic E-state index is 8.51. The molecule has 0 aromatic carbocycles. The van der Waals surface area contributed by atoms with Crippen LogP contribution in [0.4, 0.5) is 0 Å². The first kappa shape index (κ1) is 15.9. The lowest BCUT2D eigenvalue weighted by Crippen LogP contribution is -1.25. The summed E-state index contributed by atoms with van der Waals surface area (Å²) in [5, 5.41) is 7.33. The minimum absolute atomic E-state index is 0.750. The Bertz CT molecular complexity index is 49.7. The molecule has 0 saturated carbocycles. The van der Waals surface area contributed by atoms with Crippen LogP contribution in [0.3, 0.4) is 0 Å². The van der Waals surface area contributed by atoms with Crippen molar-refractivity contribution >= 4 is 17.4 Å². The lowest BCUT2D eigenvalue weighted by atomic mass is 11.2. The zero-order chi connectivity index (χ0) is 8.12. The average Bonchev–Trinajstić information content (AvgIpc) is 1.70. The summed E-state index contributed by atoms with van der Waals surface area (Å²) in [6.45, 7) is 2.92. The van der Waals surface area contributed by atoms with Crippen molar-refractivity contribution in [3.8, 4) is 0 Å². The lowest BCUT2D eigenvalue weighted by molar-refractivity contribution is 0.476. The van der Waals surface area contributed by atoms with E-state index in [1.165, 1.54) is 0 Å². The van der Waals surface area contributed by atoms with Crippen LogP contribution in [-0.4, -0.2) is 14.9 Å². The van der Waals surface area contributed by atoms with Gasteiger partial charge in [-0.2, -0.15) is 9.79 Å². The molecule has 0 spiro atoms. The molecule has 0 fully saturated rings. The third kappa shape index (κ3) is 2120. The van der Waals surface area contributed by atoms with Gasteiger partial charge in [0.25, 0.3) is 0 Å². The highest BCUT2D eigenvalue weighted by Gasteiger charge is 1.45. The molecule has 2 atom stereocenters. The van der Waals surface area contributed by atoms with E-state index in [1.807, 2.05) is 0 Å². The molecular formula is C2H8O5P2+2. The van der Waals surface area contributed by atoms with Gasteiger partial charge in [0.2, 0.25) is 0 Å². The third-order valence-electron chi connectivity index (χ3n) is 0. The predicted octanol–water partition coefficient (Wildman–Crippen LogP) is 0.523. The molecule has 0 radical (unpaired) electrons. The van der Waals surface area contributed by atoms with E-state index in [0.29, 0.717) is 0 Å². The molecular weight excluding hydrogens is 166 g/mol. The summed E-state index contributed by atoms with van der Waals surface area (Å²) in [5.74, 6) is 0. The molecule has 2 unspecified atom stereocenters. The van der Waals surface area contributed by atoms with Crippen LogP contribution in [0.2, 0.25) is 0 Å². The van der Waals surface area contributed by atoms with E-state index >= 15 is 0 Å². The van der Waals surface area contributed by atoms with Crippen LogP contribution in [0.1, 0.15) is 0 Å². The molecule has 0 heterocycles. The molecule has 0 aliphatic carbocycles. The second-order valence-corrected chi connectivity index (χ2v) is 0.730. The van der Waals surface area contributed by atoms with E-state index in [9.17, 15) is 0 Å². The molecule has 0 bridgehead atoms. The second kappa shape index (κ2) is 48.0. The summed E-state index contributed by atoms with van der Waals surface area (Å²) < 4.78 is 17.0. The van der Waals surface area contributed by atoms with E-state index in [0.717, 1.165) is 6.26 Å². The quantitative estimate of drug-likeness (QED) is 0.367. The molecule has 54 valence electrons. The Kier molecular flexibility index (Phi) is 84.6. The second-order valence-electron chi connectivity index (χ2n) is 0.365. The smallest absolute Gasteiger partial charge is 0.491 e. The molecule has 9 heavy (non-hydrogen) atoms. The molecule has 3 N–H and O–H groups in total.